The zero-order valence-electron chi connectivity index (χ0n) is 7.34. The van der Waals surface area contributed by atoms with E-state index in [9.17, 15) is 13.2 Å². The highest BCUT2D eigenvalue weighted by Crippen LogP contribution is 2.46. The van der Waals surface area contributed by atoms with Gasteiger partial charge in [0.1, 0.15) is 0 Å². The van der Waals surface area contributed by atoms with Gasteiger partial charge in [-0.1, -0.05) is 28.1 Å². The smallest absolute Gasteiger partial charge is 0.445 e. The molecule has 0 saturated carbocycles. The molecule has 0 aromatic heterocycles. The standard InChI is InChI=1S/C9H6BrF3O2/c10-5-8(11)9(12,13)15-7-4-2-1-3-6(7)14-8/h1-4H,5H2. The van der Waals surface area contributed by atoms with Crippen LogP contribution in [0.1, 0.15) is 0 Å². The van der Waals surface area contributed by atoms with Gasteiger partial charge in [0.25, 0.3) is 0 Å². The molecule has 1 unspecified atom stereocenters. The number of para-hydroxylation sites is 2. The molecule has 0 radical (unpaired) electrons. The predicted octanol–water partition coefficient (Wildman–Crippen LogP) is 3.11. The Balaban J connectivity index is 2.45. The first-order chi connectivity index (χ1) is 6.98. The largest absolute Gasteiger partial charge is 0.472 e. The Bertz CT molecular complexity index is 385. The zero-order chi connectivity index (χ0) is 11.1. The van der Waals surface area contributed by atoms with E-state index in [2.05, 4.69) is 25.4 Å². The van der Waals surface area contributed by atoms with Crippen LogP contribution in [0.3, 0.4) is 0 Å². The minimum Gasteiger partial charge on any atom is -0.445 e. The molecule has 1 atom stereocenters. The van der Waals surface area contributed by atoms with Gasteiger partial charge in [0.15, 0.2) is 11.5 Å². The normalized spacial score (nSPS) is 27.5. The molecular weight excluding hydrogens is 277 g/mol. The molecule has 1 aromatic rings. The summed E-state index contributed by atoms with van der Waals surface area (Å²) in [6, 6.07) is 5.69. The molecule has 0 saturated heterocycles. The number of alkyl halides is 4. The van der Waals surface area contributed by atoms with E-state index >= 15 is 0 Å². The fourth-order valence-electron chi connectivity index (χ4n) is 1.17. The third-order valence-electron chi connectivity index (χ3n) is 1.97. The highest BCUT2D eigenvalue weighted by molar-refractivity contribution is 9.09. The van der Waals surface area contributed by atoms with E-state index in [1.54, 1.807) is 6.07 Å². The summed E-state index contributed by atoms with van der Waals surface area (Å²) in [5.41, 5.74) is 0. The van der Waals surface area contributed by atoms with Gasteiger partial charge in [0.05, 0.1) is 5.33 Å². The van der Waals surface area contributed by atoms with Crippen molar-refractivity contribution in [2.24, 2.45) is 0 Å². The third-order valence-corrected chi connectivity index (χ3v) is 2.69. The van der Waals surface area contributed by atoms with Crippen LogP contribution in [-0.4, -0.2) is 17.3 Å². The SMILES string of the molecule is FC1(F)Oc2ccccc2OC1(F)CBr. The van der Waals surface area contributed by atoms with Gasteiger partial charge < -0.3 is 9.47 Å². The first-order valence-corrected chi connectivity index (χ1v) is 5.20. The van der Waals surface area contributed by atoms with E-state index in [0.717, 1.165) is 0 Å². The molecule has 2 rings (SSSR count). The molecule has 1 aliphatic heterocycles. The lowest BCUT2D eigenvalue weighted by molar-refractivity contribution is -0.329. The first-order valence-electron chi connectivity index (χ1n) is 4.08. The quantitative estimate of drug-likeness (QED) is 0.737. The van der Waals surface area contributed by atoms with Gasteiger partial charge >= 0.3 is 12.0 Å². The van der Waals surface area contributed by atoms with E-state index in [1.807, 2.05) is 0 Å². The Hall–Kier alpha value is -0.910. The maximum absolute atomic E-state index is 13.6. The maximum Gasteiger partial charge on any atom is 0.472 e. The van der Waals surface area contributed by atoms with Crippen molar-refractivity contribution in [3.8, 4) is 11.5 Å². The topological polar surface area (TPSA) is 18.5 Å². The molecule has 1 heterocycles. The van der Waals surface area contributed by atoms with E-state index in [1.165, 1.54) is 18.2 Å². The van der Waals surface area contributed by atoms with Crippen LogP contribution in [0.15, 0.2) is 24.3 Å². The summed E-state index contributed by atoms with van der Waals surface area (Å²) in [6.45, 7) is 0. The van der Waals surface area contributed by atoms with Gasteiger partial charge in [-0.3, -0.25) is 0 Å². The van der Waals surface area contributed by atoms with Crippen LogP contribution in [-0.2, 0) is 0 Å². The van der Waals surface area contributed by atoms with E-state index in [-0.39, 0.29) is 11.5 Å². The van der Waals surface area contributed by atoms with Gasteiger partial charge in [-0.25, -0.2) is 0 Å². The lowest BCUT2D eigenvalue weighted by Crippen LogP contribution is -2.56. The summed E-state index contributed by atoms with van der Waals surface area (Å²) in [5.74, 6) is -3.39. The highest BCUT2D eigenvalue weighted by Gasteiger charge is 2.63. The summed E-state index contributed by atoms with van der Waals surface area (Å²) in [5, 5.41) is -0.679. The summed E-state index contributed by atoms with van der Waals surface area (Å²) in [6.07, 6.45) is -4.01. The molecule has 0 aliphatic carbocycles. The van der Waals surface area contributed by atoms with Gasteiger partial charge in [-0.15, -0.1) is 0 Å². The third kappa shape index (κ3) is 1.56. The molecule has 0 amide bonds. The average Bonchev–Trinajstić information content (AvgIpc) is 2.19. The second kappa shape index (κ2) is 3.30. The second-order valence-corrected chi connectivity index (χ2v) is 3.59. The van der Waals surface area contributed by atoms with Crippen molar-refractivity contribution in [3.63, 3.8) is 0 Å². The van der Waals surface area contributed by atoms with Crippen LogP contribution in [0.5, 0.6) is 11.5 Å². The molecule has 0 bridgehead atoms. The molecule has 0 N–H and O–H groups in total. The van der Waals surface area contributed by atoms with Crippen LogP contribution in [0, 0.1) is 0 Å². The molecule has 1 aliphatic rings. The Morgan fingerprint density at radius 2 is 1.60 bits per heavy atom. The van der Waals surface area contributed by atoms with Crippen molar-refractivity contribution in [2.45, 2.75) is 12.0 Å². The number of fused-ring (bicyclic) bond motifs is 1. The van der Waals surface area contributed by atoms with Crippen molar-refractivity contribution in [3.05, 3.63) is 24.3 Å². The van der Waals surface area contributed by atoms with Crippen molar-refractivity contribution < 1.29 is 22.6 Å². The fraction of sp³-hybridized carbons (Fsp3) is 0.333. The minimum absolute atomic E-state index is 0.0367. The van der Waals surface area contributed by atoms with Crippen LogP contribution >= 0.6 is 15.9 Å². The van der Waals surface area contributed by atoms with E-state index < -0.39 is 17.3 Å². The van der Waals surface area contributed by atoms with Gasteiger partial charge in [-0.05, 0) is 12.1 Å². The number of hydrogen-bond donors (Lipinski definition) is 0. The van der Waals surface area contributed by atoms with Crippen LogP contribution in [0.25, 0.3) is 0 Å². The Morgan fingerprint density at radius 3 is 2.13 bits per heavy atom. The van der Waals surface area contributed by atoms with Crippen LogP contribution in [0.4, 0.5) is 13.2 Å². The molecular formula is C9H6BrF3O2. The predicted molar refractivity (Wildman–Crippen MR) is 50.3 cm³/mol. The van der Waals surface area contributed by atoms with Gasteiger partial charge in [0.2, 0.25) is 0 Å². The number of benzene rings is 1. The van der Waals surface area contributed by atoms with E-state index in [4.69, 9.17) is 0 Å². The number of rotatable bonds is 1. The molecule has 6 heteroatoms. The number of halogens is 4. The summed E-state index contributed by atoms with van der Waals surface area (Å²) >= 11 is 2.63. The molecule has 82 valence electrons. The highest BCUT2D eigenvalue weighted by atomic mass is 79.9. The first kappa shape index (κ1) is 10.6. The summed E-state index contributed by atoms with van der Waals surface area (Å²) in [4.78, 5) is 0. The van der Waals surface area contributed by atoms with Crippen molar-refractivity contribution in [1.82, 2.24) is 0 Å². The molecule has 2 nitrogen and oxygen atoms in total. The van der Waals surface area contributed by atoms with Gasteiger partial charge in [-0.2, -0.15) is 13.2 Å². The lowest BCUT2D eigenvalue weighted by Gasteiger charge is -2.36. The zero-order valence-corrected chi connectivity index (χ0v) is 8.93. The Morgan fingerprint density at radius 1 is 1.07 bits per heavy atom. The Labute approximate surface area is 92.1 Å². The molecule has 0 spiro atoms. The lowest BCUT2D eigenvalue weighted by atomic mass is 10.2. The Kier molecular flexibility index (Phi) is 2.33. The van der Waals surface area contributed by atoms with E-state index in [0.29, 0.717) is 0 Å². The summed E-state index contributed by atoms with van der Waals surface area (Å²) in [7, 11) is 0. The minimum atomic E-state index is -4.01. The number of hydrogen-bond acceptors (Lipinski definition) is 2. The number of ether oxygens (including phenoxy) is 2. The second-order valence-electron chi connectivity index (χ2n) is 3.03. The summed E-state index contributed by atoms with van der Waals surface area (Å²) < 4.78 is 48.8. The van der Waals surface area contributed by atoms with Crippen molar-refractivity contribution in [1.29, 1.82) is 0 Å². The van der Waals surface area contributed by atoms with Crippen LogP contribution < -0.4 is 9.47 Å². The fourth-order valence-corrected chi connectivity index (χ4v) is 1.61. The monoisotopic (exact) mass is 282 g/mol. The van der Waals surface area contributed by atoms with Gasteiger partial charge in [0, 0.05) is 0 Å². The molecule has 1 aromatic carbocycles. The average molecular weight is 283 g/mol. The molecule has 15 heavy (non-hydrogen) atoms. The van der Waals surface area contributed by atoms with Crippen LogP contribution in [0.2, 0.25) is 0 Å². The maximum atomic E-state index is 13.6. The van der Waals surface area contributed by atoms with Crippen molar-refractivity contribution in [2.75, 3.05) is 5.33 Å². The molecule has 0 fully saturated rings. The van der Waals surface area contributed by atoms with Crippen molar-refractivity contribution >= 4 is 15.9 Å².